The molecule has 0 aliphatic carbocycles. The molecule has 0 spiro atoms. The van der Waals surface area contributed by atoms with Crippen LogP contribution in [-0.2, 0) is 9.59 Å². The van der Waals surface area contributed by atoms with Gasteiger partial charge in [-0.05, 0) is 25.9 Å². The molecule has 0 radical (unpaired) electrons. The number of rotatable bonds is 7. The second kappa shape index (κ2) is 7.68. The summed E-state index contributed by atoms with van der Waals surface area (Å²) in [5.74, 6) is -2.05. The number of carboxylic acids is 1. The van der Waals surface area contributed by atoms with Gasteiger partial charge in [0.15, 0.2) is 0 Å². The number of aliphatic carboxylic acids is 1. The first kappa shape index (κ1) is 16.2. The Morgan fingerprint density at radius 2 is 2.15 bits per heavy atom. The van der Waals surface area contributed by atoms with Crippen LogP contribution in [0.5, 0.6) is 0 Å². The fourth-order valence-electron chi connectivity index (χ4n) is 2.36. The molecular formula is C12H22N4O4. The summed E-state index contributed by atoms with van der Waals surface area (Å²) >= 11 is 0. The molecule has 114 valence electrons. The summed E-state index contributed by atoms with van der Waals surface area (Å²) in [5.41, 5.74) is 4.94. The molecular weight excluding hydrogens is 264 g/mol. The van der Waals surface area contributed by atoms with Crippen molar-refractivity contribution in [2.24, 2.45) is 5.73 Å². The zero-order valence-electron chi connectivity index (χ0n) is 11.6. The number of nitrogens with one attached hydrogen (secondary N) is 2. The van der Waals surface area contributed by atoms with E-state index in [2.05, 4.69) is 22.5 Å². The van der Waals surface area contributed by atoms with Gasteiger partial charge in [0.2, 0.25) is 5.91 Å². The second-order valence-corrected chi connectivity index (χ2v) is 4.84. The Hall–Kier alpha value is -1.83. The third kappa shape index (κ3) is 5.04. The van der Waals surface area contributed by atoms with E-state index in [9.17, 15) is 14.4 Å². The Kier molecular flexibility index (Phi) is 6.23. The molecule has 0 aromatic heterocycles. The Morgan fingerprint density at radius 1 is 1.45 bits per heavy atom. The van der Waals surface area contributed by atoms with Gasteiger partial charge in [0.1, 0.15) is 6.04 Å². The molecule has 0 aromatic rings. The van der Waals surface area contributed by atoms with Crippen LogP contribution in [0.25, 0.3) is 0 Å². The van der Waals surface area contributed by atoms with Gasteiger partial charge in [0.25, 0.3) is 0 Å². The van der Waals surface area contributed by atoms with Crippen LogP contribution in [0, 0.1) is 0 Å². The minimum Gasteiger partial charge on any atom is -0.480 e. The standard InChI is InChI=1S/C12H22N4O4/c1-2-16-5-3-4-8(16)7-14-12(20)15-9(11(18)19)6-10(13)17/h8-9H,2-7H2,1H3,(H2,13,17)(H,18,19)(H2,14,15,20). The first-order valence-electron chi connectivity index (χ1n) is 6.73. The number of likely N-dealkylation sites (N-methyl/N-ethyl adjacent to an activating group) is 1. The number of hydrogen-bond donors (Lipinski definition) is 4. The summed E-state index contributed by atoms with van der Waals surface area (Å²) in [6, 6.07) is -1.61. The highest BCUT2D eigenvalue weighted by Gasteiger charge is 2.25. The zero-order valence-corrected chi connectivity index (χ0v) is 11.6. The number of primary amides is 1. The zero-order chi connectivity index (χ0) is 15.1. The normalized spacial score (nSPS) is 20.4. The first-order valence-corrected chi connectivity index (χ1v) is 6.73. The van der Waals surface area contributed by atoms with E-state index in [1.165, 1.54) is 0 Å². The fraction of sp³-hybridized carbons (Fsp3) is 0.750. The van der Waals surface area contributed by atoms with Gasteiger partial charge < -0.3 is 21.5 Å². The molecule has 1 rings (SSSR count). The number of nitrogens with zero attached hydrogens (tertiary/aromatic N) is 1. The lowest BCUT2D eigenvalue weighted by Crippen LogP contribution is -2.50. The molecule has 1 saturated heterocycles. The average molecular weight is 286 g/mol. The van der Waals surface area contributed by atoms with Crippen LogP contribution in [0.4, 0.5) is 4.79 Å². The van der Waals surface area contributed by atoms with Crippen molar-refractivity contribution in [1.29, 1.82) is 0 Å². The van der Waals surface area contributed by atoms with E-state index in [0.29, 0.717) is 6.54 Å². The Bertz CT molecular complexity index is 374. The predicted molar refractivity (Wildman–Crippen MR) is 72.0 cm³/mol. The van der Waals surface area contributed by atoms with E-state index in [1.54, 1.807) is 0 Å². The number of nitrogens with two attached hydrogens (primary N) is 1. The number of urea groups is 1. The van der Waals surface area contributed by atoms with Gasteiger partial charge in [-0.3, -0.25) is 9.69 Å². The van der Waals surface area contributed by atoms with Crippen LogP contribution < -0.4 is 16.4 Å². The molecule has 0 saturated carbocycles. The van der Waals surface area contributed by atoms with Crippen molar-refractivity contribution in [1.82, 2.24) is 15.5 Å². The van der Waals surface area contributed by atoms with Gasteiger partial charge >= 0.3 is 12.0 Å². The van der Waals surface area contributed by atoms with Gasteiger partial charge in [-0.2, -0.15) is 0 Å². The minimum atomic E-state index is -1.29. The molecule has 0 aromatic carbocycles. The van der Waals surface area contributed by atoms with Crippen LogP contribution in [0.1, 0.15) is 26.2 Å². The maximum atomic E-state index is 11.6. The van der Waals surface area contributed by atoms with E-state index >= 15 is 0 Å². The van der Waals surface area contributed by atoms with Gasteiger partial charge in [-0.1, -0.05) is 6.92 Å². The van der Waals surface area contributed by atoms with Crippen LogP contribution in [0.2, 0.25) is 0 Å². The lowest BCUT2D eigenvalue weighted by Gasteiger charge is -2.23. The van der Waals surface area contributed by atoms with E-state index in [-0.39, 0.29) is 6.04 Å². The summed E-state index contributed by atoms with van der Waals surface area (Å²) in [6.07, 6.45) is 1.69. The molecule has 5 N–H and O–H groups in total. The summed E-state index contributed by atoms with van der Waals surface area (Å²) in [6.45, 7) is 4.46. The molecule has 8 heteroatoms. The van der Waals surface area contributed by atoms with Gasteiger partial charge in [-0.15, -0.1) is 0 Å². The lowest BCUT2D eigenvalue weighted by atomic mass is 10.2. The van der Waals surface area contributed by atoms with E-state index in [1.807, 2.05) is 0 Å². The van der Waals surface area contributed by atoms with Crippen molar-refractivity contribution in [3.63, 3.8) is 0 Å². The lowest BCUT2D eigenvalue weighted by molar-refractivity contribution is -0.140. The largest absolute Gasteiger partial charge is 0.480 e. The summed E-state index contributed by atoms with van der Waals surface area (Å²) in [4.78, 5) is 35.5. The van der Waals surface area contributed by atoms with Crippen molar-refractivity contribution in [2.75, 3.05) is 19.6 Å². The second-order valence-electron chi connectivity index (χ2n) is 4.84. The summed E-state index contributed by atoms with van der Waals surface area (Å²) in [7, 11) is 0. The number of amides is 3. The number of carbonyl (C=O) groups excluding carboxylic acids is 2. The van der Waals surface area contributed by atoms with Gasteiger partial charge in [0, 0.05) is 12.6 Å². The highest BCUT2D eigenvalue weighted by molar-refractivity contribution is 5.87. The van der Waals surface area contributed by atoms with Gasteiger partial charge in [-0.25, -0.2) is 9.59 Å². The summed E-state index contributed by atoms with van der Waals surface area (Å²) < 4.78 is 0. The molecule has 20 heavy (non-hydrogen) atoms. The number of likely N-dealkylation sites (tertiary alicyclic amines) is 1. The fourth-order valence-corrected chi connectivity index (χ4v) is 2.36. The Morgan fingerprint density at radius 3 is 2.70 bits per heavy atom. The Labute approximate surface area is 117 Å². The SMILES string of the molecule is CCN1CCCC1CNC(=O)NC(CC(N)=O)C(=O)O. The molecule has 2 atom stereocenters. The van der Waals surface area contributed by atoms with E-state index < -0.39 is 30.4 Å². The van der Waals surface area contributed by atoms with Crippen LogP contribution in [-0.4, -0.2) is 59.6 Å². The number of carboxylic acid groups (broad SMARTS) is 1. The molecule has 1 fully saturated rings. The predicted octanol–water partition coefficient (Wildman–Crippen LogP) is -0.901. The smallest absolute Gasteiger partial charge is 0.326 e. The van der Waals surface area contributed by atoms with Crippen molar-refractivity contribution in [2.45, 2.75) is 38.3 Å². The molecule has 8 nitrogen and oxygen atoms in total. The van der Waals surface area contributed by atoms with Crippen LogP contribution in [0.3, 0.4) is 0 Å². The van der Waals surface area contributed by atoms with Crippen molar-refractivity contribution in [3.8, 4) is 0 Å². The van der Waals surface area contributed by atoms with Gasteiger partial charge in [0.05, 0.1) is 6.42 Å². The third-order valence-electron chi connectivity index (χ3n) is 3.41. The molecule has 0 bridgehead atoms. The third-order valence-corrected chi connectivity index (χ3v) is 3.41. The summed E-state index contributed by atoms with van der Waals surface area (Å²) in [5, 5.41) is 13.7. The van der Waals surface area contributed by atoms with Crippen molar-refractivity contribution < 1.29 is 19.5 Å². The minimum absolute atomic E-state index is 0.283. The monoisotopic (exact) mass is 286 g/mol. The molecule has 1 heterocycles. The molecule has 3 amide bonds. The van der Waals surface area contributed by atoms with Crippen LogP contribution >= 0.6 is 0 Å². The Balaban J connectivity index is 2.38. The first-order chi connectivity index (χ1) is 9.43. The highest BCUT2D eigenvalue weighted by atomic mass is 16.4. The number of hydrogen-bond acceptors (Lipinski definition) is 4. The number of carbonyl (C=O) groups is 3. The molecule has 2 unspecified atom stereocenters. The quantitative estimate of drug-likeness (QED) is 0.482. The van der Waals surface area contributed by atoms with E-state index in [4.69, 9.17) is 10.8 Å². The average Bonchev–Trinajstić information content (AvgIpc) is 2.82. The van der Waals surface area contributed by atoms with Crippen molar-refractivity contribution in [3.05, 3.63) is 0 Å². The molecule has 1 aliphatic heterocycles. The maximum Gasteiger partial charge on any atom is 0.326 e. The van der Waals surface area contributed by atoms with E-state index in [0.717, 1.165) is 25.9 Å². The maximum absolute atomic E-state index is 11.6. The molecule has 1 aliphatic rings. The highest BCUT2D eigenvalue weighted by Crippen LogP contribution is 2.15. The van der Waals surface area contributed by atoms with Crippen LogP contribution in [0.15, 0.2) is 0 Å². The van der Waals surface area contributed by atoms with Crippen molar-refractivity contribution >= 4 is 17.9 Å². The topological polar surface area (TPSA) is 125 Å².